The van der Waals surface area contributed by atoms with Gasteiger partial charge in [0.05, 0.1) is 13.0 Å². The Labute approximate surface area is 134 Å². The van der Waals surface area contributed by atoms with Gasteiger partial charge < -0.3 is 15.0 Å². The fourth-order valence-electron chi connectivity index (χ4n) is 2.85. The fraction of sp³-hybridized carbons (Fsp3) is 0.765. The first-order chi connectivity index (χ1) is 10.3. The molecule has 0 spiro atoms. The molecule has 0 saturated carbocycles. The second kappa shape index (κ2) is 8.81. The summed E-state index contributed by atoms with van der Waals surface area (Å²) in [7, 11) is 1.44. The molecule has 1 heterocycles. The number of carbonyl (C=O) groups is 2. The third kappa shape index (κ3) is 5.70. The van der Waals surface area contributed by atoms with Crippen molar-refractivity contribution in [3.8, 4) is 0 Å². The molecule has 0 aromatic rings. The van der Waals surface area contributed by atoms with Crippen LogP contribution in [0.1, 0.15) is 40.5 Å². The van der Waals surface area contributed by atoms with Crippen molar-refractivity contribution in [2.24, 2.45) is 17.8 Å². The molecule has 1 N–H and O–H groups in total. The van der Waals surface area contributed by atoms with Crippen molar-refractivity contribution in [3.63, 3.8) is 0 Å². The van der Waals surface area contributed by atoms with E-state index in [1.807, 2.05) is 6.92 Å². The van der Waals surface area contributed by atoms with Gasteiger partial charge in [-0.05, 0) is 31.6 Å². The second-order valence-electron chi connectivity index (χ2n) is 6.45. The number of esters is 1. The molecular formula is C17H30N2O3. The minimum Gasteiger partial charge on any atom is -0.469 e. The molecule has 1 saturated heterocycles. The molecule has 0 bridgehead atoms. The van der Waals surface area contributed by atoms with E-state index in [1.165, 1.54) is 7.11 Å². The Balaban J connectivity index is 2.67. The molecule has 0 aromatic heterocycles. The molecule has 0 aliphatic carbocycles. The Kier molecular flexibility index (Phi) is 7.42. The molecule has 1 atom stereocenters. The normalized spacial score (nSPS) is 18.3. The van der Waals surface area contributed by atoms with Crippen LogP contribution in [0.2, 0.25) is 0 Å². The summed E-state index contributed by atoms with van der Waals surface area (Å²) < 4.78 is 4.90. The Morgan fingerprint density at radius 1 is 1.27 bits per heavy atom. The van der Waals surface area contributed by atoms with Gasteiger partial charge in [0.1, 0.15) is 0 Å². The average molecular weight is 310 g/mol. The van der Waals surface area contributed by atoms with Crippen molar-refractivity contribution < 1.29 is 14.3 Å². The van der Waals surface area contributed by atoms with Gasteiger partial charge in [-0.15, -0.1) is 0 Å². The topological polar surface area (TPSA) is 58.6 Å². The van der Waals surface area contributed by atoms with Crippen LogP contribution >= 0.6 is 0 Å². The number of likely N-dealkylation sites (tertiary alicyclic amines) is 1. The lowest BCUT2D eigenvalue weighted by Gasteiger charge is -2.37. The number of ether oxygens (including phenoxy) is 1. The standard InChI is InChI=1S/C17H30N2O3/c1-12(2)10-16(13(3)17(21)22-5)19-8-6-15(7-9-19)11-18-14(4)20/h10,12-13,15H,6-9,11H2,1-5H3,(H,18,20). The highest BCUT2D eigenvalue weighted by atomic mass is 16.5. The van der Waals surface area contributed by atoms with Gasteiger partial charge in [0.15, 0.2) is 0 Å². The molecule has 1 fully saturated rings. The number of allylic oxidation sites excluding steroid dienone is 1. The molecular weight excluding hydrogens is 280 g/mol. The predicted octanol–water partition coefficient (Wildman–Crippen LogP) is 2.18. The van der Waals surface area contributed by atoms with E-state index in [1.54, 1.807) is 6.92 Å². The summed E-state index contributed by atoms with van der Waals surface area (Å²) in [6.07, 6.45) is 4.23. The smallest absolute Gasteiger partial charge is 0.314 e. The molecule has 0 radical (unpaired) electrons. The number of hydrogen-bond acceptors (Lipinski definition) is 4. The quantitative estimate of drug-likeness (QED) is 0.764. The average Bonchev–Trinajstić information content (AvgIpc) is 2.49. The van der Waals surface area contributed by atoms with Gasteiger partial charge >= 0.3 is 5.97 Å². The van der Waals surface area contributed by atoms with Crippen molar-refractivity contribution in [2.45, 2.75) is 40.5 Å². The zero-order valence-electron chi connectivity index (χ0n) is 14.5. The second-order valence-corrected chi connectivity index (χ2v) is 6.45. The Morgan fingerprint density at radius 2 is 1.86 bits per heavy atom. The third-order valence-electron chi connectivity index (χ3n) is 4.12. The molecule has 1 amide bonds. The largest absolute Gasteiger partial charge is 0.469 e. The van der Waals surface area contributed by atoms with Gasteiger partial charge in [0.25, 0.3) is 0 Å². The van der Waals surface area contributed by atoms with Gasteiger partial charge in [0.2, 0.25) is 5.91 Å². The van der Waals surface area contributed by atoms with Crippen LogP contribution in [-0.2, 0) is 14.3 Å². The monoisotopic (exact) mass is 310 g/mol. The van der Waals surface area contributed by atoms with Crippen molar-refractivity contribution >= 4 is 11.9 Å². The van der Waals surface area contributed by atoms with E-state index in [0.29, 0.717) is 11.8 Å². The SMILES string of the molecule is COC(=O)C(C)C(=CC(C)C)N1CCC(CNC(C)=O)CC1. The zero-order chi connectivity index (χ0) is 16.7. The Bertz CT molecular complexity index is 410. The van der Waals surface area contributed by atoms with Crippen LogP contribution in [0.25, 0.3) is 0 Å². The molecule has 1 rings (SSSR count). The van der Waals surface area contributed by atoms with E-state index in [0.717, 1.165) is 38.2 Å². The lowest BCUT2D eigenvalue weighted by Crippen LogP contribution is -2.40. The van der Waals surface area contributed by atoms with Crippen LogP contribution in [0, 0.1) is 17.8 Å². The van der Waals surface area contributed by atoms with Gasteiger partial charge in [-0.3, -0.25) is 9.59 Å². The van der Waals surface area contributed by atoms with Crippen LogP contribution in [0.15, 0.2) is 11.8 Å². The number of hydrogen-bond donors (Lipinski definition) is 1. The summed E-state index contributed by atoms with van der Waals surface area (Å²) in [6.45, 7) is 10.3. The number of carbonyl (C=O) groups excluding carboxylic acids is 2. The number of amides is 1. The molecule has 5 heteroatoms. The first-order valence-electron chi connectivity index (χ1n) is 8.14. The molecule has 0 aromatic carbocycles. The lowest BCUT2D eigenvalue weighted by atomic mass is 9.94. The zero-order valence-corrected chi connectivity index (χ0v) is 14.5. The maximum absolute atomic E-state index is 11.9. The summed E-state index contributed by atoms with van der Waals surface area (Å²) in [5.74, 6) is 0.516. The first-order valence-corrected chi connectivity index (χ1v) is 8.14. The Morgan fingerprint density at radius 3 is 2.32 bits per heavy atom. The Hall–Kier alpha value is -1.52. The predicted molar refractivity (Wildman–Crippen MR) is 87.1 cm³/mol. The molecule has 5 nitrogen and oxygen atoms in total. The van der Waals surface area contributed by atoms with Crippen LogP contribution in [0.4, 0.5) is 0 Å². The van der Waals surface area contributed by atoms with E-state index in [9.17, 15) is 9.59 Å². The van der Waals surface area contributed by atoms with Gasteiger partial charge in [-0.2, -0.15) is 0 Å². The summed E-state index contributed by atoms with van der Waals surface area (Å²) in [5.41, 5.74) is 1.07. The third-order valence-corrected chi connectivity index (χ3v) is 4.12. The van der Waals surface area contributed by atoms with Crippen LogP contribution in [0.3, 0.4) is 0 Å². The number of methoxy groups -OCH3 is 1. The van der Waals surface area contributed by atoms with Gasteiger partial charge in [-0.25, -0.2) is 0 Å². The van der Waals surface area contributed by atoms with Crippen LogP contribution in [0.5, 0.6) is 0 Å². The van der Waals surface area contributed by atoms with Crippen molar-refractivity contribution in [2.75, 3.05) is 26.7 Å². The molecule has 1 unspecified atom stereocenters. The van der Waals surface area contributed by atoms with Crippen molar-refractivity contribution in [3.05, 3.63) is 11.8 Å². The summed E-state index contributed by atoms with van der Waals surface area (Å²) in [6, 6.07) is 0. The molecule has 126 valence electrons. The highest BCUT2D eigenvalue weighted by Crippen LogP contribution is 2.26. The number of nitrogens with one attached hydrogen (secondary N) is 1. The van der Waals surface area contributed by atoms with Crippen LogP contribution < -0.4 is 5.32 Å². The summed E-state index contributed by atoms with van der Waals surface area (Å²) in [4.78, 5) is 25.2. The highest BCUT2D eigenvalue weighted by Gasteiger charge is 2.27. The van der Waals surface area contributed by atoms with E-state index >= 15 is 0 Å². The highest BCUT2D eigenvalue weighted by molar-refractivity contribution is 5.75. The molecule has 1 aliphatic rings. The van der Waals surface area contributed by atoms with E-state index in [4.69, 9.17) is 4.74 Å². The van der Waals surface area contributed by atoms with Crippen molar-refractivity contribution in [1.82, 2.24) is 10.2 Å². The first kappa shape index (κ1) is 18.5. The van der Waals surface area contributed by atoms with E-state index in [2.05, 4.69) is 30.1 Å². The maximum atomic E-state index is 11.9. The van der Waals surface area contributed by atoms with Crippen LogP contribution in [-0.4, -0.2) is 43.5 Å². The van der Waals surface area contributed by atoms with Gasteiger partial charge in [-0.1, -0.05) is 19.9 Å². The molecule has 22 heavy (non-hydrogen) atoms. The van der Waals surface area contributed by atoms with E-state index in [-0.39, 0.29) is 17.8 Å². The van der Waals surface area contributed by atoms with E-state index < -0.39 is 0 Å². The summed E-state index contributed by atoms with van der Waals surface area (Å²) >= 11 is 0. The van der Waals surface area contributed by atoms with Gasteiger partial charge in [0, 0.05) is 32.3 Å². The lowest BCUT2D eigenvalue weighted by molar-refractivity contribution is -0.144. The number of nitrogens with zero attached hydrogens (tertiary/aromatic N) is 1. The minimum atomic E-state index is -0.237. The van der Waals surface area contributed by atoms with Crippen molar-refractivity contribution in [1.29, 1.82) is 0 Å². The maximum Gasteiger partial charge on any atom is 0.314 e. The number of rotatable bonds is 6. The minimum absolute atomic E-state index is 0.0298. The summed E-state index contributed by atoms with van der Waals surface area (Å²) in [5, 5.41) is 2.90. The number of piperidine rings is 1. The molecule has 1 aliphatic heterocycles. The fourth-order valence-corrected chi connectivity index (χ4v) is 2.85.